The Balaban J connectivity index is 2.31. The molecule has 0 unspecified atom stereocenters. The summed E-state index contributed by atoms with van der Waals surface area (Å²) in [4.78, 5) is 13.0. The van der Waals surface area contributed by atoms with Gasteiger partial charge in [-0.15, -0.1) is 0 Å². The van der Waals surface area contributed by atoms with Crippen LogP contribution in [-0.2, 0) is 7.05 Å². The number of hydrogen-bond acceptors (Lipinski definition) is 4. The normalized spacial score (nSPS) is 11.6. The van der Waals surface area contributed by atoms with E-state index in [0.29, 0.717) is 6.04 Å². The van der Waals surface area contributed by atoms with Crippen LogP contribution in [0, 0.1) is 0 Å². The lowest BCUT2D eigenvalue weighted by Gasteiger charge is -2.11. The van der Waals surface area contributed by atoms with Crippen LogP contribution in [0.15, 0.2) is 24.8 Å². The smallest absolute Gasteiger partial charge is 0.137 e. The molecule has 1 aromatic carbocycles. The van der Waals surface area contributed by atoms with E-state index in [1.54, 1.807) is 6.33 Å². The molecule has 0 atom stereocenters. The molecule has 3 rings (SSSR count). The molecular weight excluding hydrogens is 226 g/mol. The minimum absolute atomic E-state index is 0.338. The maximum atomic E-state index is 4.34. The topological polar surface area (TPSA) is 55.6 Å². The van der Waals surface area contributed by atoms with E-state index in [0.717, 1.165) is 27.8 Å². The molecular formula is C13H15N5. The van der Waals surface area contributed by atoms with E-state index in [2.05, 4.69) is 40.2 Å². The highest BCUT2D eigenvalue weighted by Crippen LogP contribution is 2.24. The van der Waals surface area contributed by atoms with Crippen molar-refractivity contribution in [1.82, 2.24) is 19.5 Å². The van der Waals surface area contributed by atoms with E-state index >= 15 is 0 Å². The molecule has 18 heavy (non-hydrogen) atoms. The summed E-state index contributed by atoms with van der Waals surface area (Å²) in [6.45, 7) is 4.19. The van der Waals surface area contributed by atoms with Gasteiger partial charge in [0, 0.05) is 18.5 Å². The summed E-state index contributed by atoms with van der Waals surface area (Å²) in [7, 11) is 1.99. The van der Waals surface area contributed by atoms with Gasteiger partial charge >= 0.3 is 0 Å². The van der Waals surface area contributed by atoms with E-state index in [1.165, 1.54) is 0 Å². The molecule has 2 heterocycles. The second-order valence-electron chi connectivity index (χ2n) is 4.73. The van der Waals surface area contributed by atoms with Crippen molar-refractivity contribution >= 4 is 27.8 Å². The van der Waals surface area contributed by atoms with E-state index in [9.17, 15) is 0 Å². The fourth-order valence-electron chi connectivity index (χ4n) is 2.07. The van der Waals surface area contributed by atoms with Crippen molar-refractivity contribution in [3.05, 3.63) is 24.8 Å². The standard InChI is InChI=1S/C13H15N5/c1-8(2)17-13-9-4-12-11(16-7-18(12)3)5-10(9)14-6-15-13/h4-8H,1-3H3,(H,14,15,17). The van der Waals surface area contributed by atoms with Gasteiger partial charge in [0.25, 0.3) is 0 Å². The fraction of sp³-hybridized carbons (Fsp3) is 0.308. The van der Waals surface area contributed by atoms with E-state index < -0.39 is 0 Å². The van der Waals surface area contributed by atoms with E-state index in [1.807, 2.05) is 24.0 Å². The number of nitrogens with zero attached hydrogens (tertiary/aromatic N) is 4. The van der Waals surface area contributed by atoms with Crippen molar-refractivity contribution in [2.45, 2.75) is 19.9 Å². The molecule has 0 spiro atoms. The van der Waals surface area contributed by atoms with Crippen LogP contribution in [0.25, 0.3) is 21.9 Å². The Morgan fingerprint density at radius 2 is 1.94 bits per heavy atom. The van der Waals surface area contributed by atoms with Crippen LogP contribution < -0.4 is 5.32 Å². The van der Waals surface area contributed by atoms with Crippen LogP contribution >= 0.6 is 0 Å². The van der Waals surface area contributed by atoms with Crippen molar-refractivity contribution < 1.29 is 0 Å². The zero-order valence-electron chi connectivity index (χ0n) is 10.7. The van der Waals surface area contributed by atoms with Gasteiger partial charge in [0.2, 0.25) is 0 Å². The molecule has 0 saturated carbocycles. The lowest BCUT2D eigenvalue weighted by atomic mass is 10.2. The molecule has 0 saturated heterocycles. The fourth-order valence-corrected chi connectivity index (χ4v) is 2.07. The van der Waals surface area contributed by atoms with Gasteiger partial charge in [-0.2, -0.15) is 0 Å². The average Bonchev–Trinajstić information content (AvgIpc) is 2.68. The summed E-state index contributed by atoms with van der Waals surface area (Å²) >= 11 is 0. The SMILES string of the molecule is CC(C)Nc1ncnc2cc3ncn(C)c3cc12. The lowest BCUT2D eigenvalue weighted by molar-refractivity contribution is 0.890. The van der Waals surface area contributed by atoms with Gasteiger partial charge in [0.05, 0.1) is 22.9 Å². The predicted octanol–water partition coefficient (Wildman–Crippen LogP) is 2.34. The number of aromatic nitrogens is 4. The zero-order chi connectivity index (χ0) is 12.7. The Bertz CT molecular complexity index is 714. The first-order valence-corrected chi connectivity index (χ1v) is 5.97. The molecule has 92 valence electrons. The van der Waals surface area contributed by atoms with Crippen LogP contribution in [0.1, 0.15) is 13.8 Å². The molecule has 2 aromatic heterocycles. The Kier molecular flexibility index (Phi) is 2.40. The Morgan fingerprint density at radius 3 is 2.72 bits per heavy atom. The van der Waals surface area contributed by atoms with Crippen molar-refractivity contribution in [2.24, 2.45) is 7.05 Å². The first-order chi connectivity index (χ1) is 8.65. The van der Waals surface area contributed by atoms with Gasteiger partial charge < -0.3 is 9.88 Å². The number of aryl methyl sites for hydroxylation is 1. The largest absolute Gasteiger partial charge is 0.367 e. The van der Waals surface area contributed by atoms with Crippen molar-refractivity contribution in [2.75, 3.05) is 5.32 Å². The number of benzene rings is 1. The Labute approximate surface area is 105 Å². The minimum Gasteiger partial charge on any atom is -0.367 e. The van der Waals surface area contributed by atoms with Crippen LogP contribution in [0.5, 0.6) is 0 Å². The molecule has 5 nitrogen and oxygen atoms in total. The first kappa shape index (κ1) is 11.0. The molecule has 3 aromatic rings. The number of nitrogens with one attached hydrogen (secondary N) is 1. The Morgan fingerprint density at radius 1 is 1.11 bits per heavy atom. The van der Waals surface area contributed by atoms with Crippen LogP contribution in [0.3, 0.4) is 0 Å². The molecule has 0 aliphatic heterocycles. The molecule has 0 radical (unpaired) electrons. The summed E-state index contributed by atoms with van der Waals surface area (Å²) in [6.07, 6.45) is 3.40. The third kappa shape index (κ3) is 1.68. The van der Waals surface area contributed by atoms with Crippen LogP contribution in [-0.4, -0.2) is 25.6 Å². The van der Waals surface area contributed by atoms with Crippen LogP contribution in [0.4, 0.5) is 5.82 Å². The monoisotopic (exact) mass is 241 g/mol. The summed E-state index contributed by atoms with van der Waals surface area (Å²) in [5, 5.41) is 4.37. The maximum Gasteiger partial charge on any atom is 0.137 e. The number of rotatable bonds is 2. The van der Waals surface area contributed by atoms with Gasteiger partial charge in [-0.1, -0.05) is 0 Å². The summed E-state index contributed by atoms with van der Waals surface area (Å²) in [5.41, 5.74) is 2.96. The van der Waals surface area contributed by atoms with Crippen molar-refractivity contribution in [3.63, 3.8) is 0 Å². The number of hydrogen-bond donors (Lipinski definition) is 1. The second kappa shape index (κ2) is 3.94. The molecule has 0 fully saturated rings. The minimum atomic E-state index is 0.338. The molecule has 0 bridgehead atoms. The Hall–Kier alpha value is -2.17. The maximum absolute atomic E-state index is 4.34. The van der Waals surface area contributed by atoms with Gasteiger partial charge in [-0.3, -0.25) is 0 Å². The quantitative estimate of drug-likeness (QED) is 0.748. The highest BCUT2D eigenvalue weighted by molar-refractivity contribution is 5.98. The highest BCUT2D eigenvalue weighted by atomic mass is 15.0. The number of imidazole rings is 1. The lowest BCUT2D eigenvalue weighted by Crippen LogP contribution is -2.11. The summed E-state index contributed by atoms with van der Waals surface area (Å²) in [6, 6.07) is 4.42. The van der Waals surface area contributed by atoms with Gasteiger partial charge in [0.1, 0.15) is 12.1 Å². The molecule has 1 N–H and O–H groups in total. The van der Waals surface area contributed by atoms with Crippen LogP contribution in [0.2, 0.25) is 0 Å². The zero-order valence-corrected chi connectivity index (χ0v) is 10.7. The molecule has 5 heteroatoms. The average molecular weight is 241 g/mol. The third-order valence-corrected chi connectivity index (χ3v) is 2.91. The second-order valence-corrected chi connectivity index (χ2v) is 4.73. The highest BCUT2D eigenvalue weighted by Gasteiger charge is 2.08. The summed E-state index contributed by atoms with van der Waals surface area (Å²) < 4.78 is 2.00. The van der Waals surface area contributed by atoms with Crippen molar-refractivity contribution in [3.8, 4) is 0 Å². The predicted molar refractivity (Wildman–Crippen MR) is 72.6 cm³/mol. The number of fused-ring (bicyclic) bond motifs is 2. The van der Waals surface area contributed by atoms with Gasteiger partial charge in [0.15, 0.2) is 0 Å². The van der Waals surface area contributed by atoms with E-state index in [-0.39, 0.29) is 0 Å². The molecule has 0 amide bonds. The van der Waals surface area contributed by atoms with Gasteiger partial charge in [-0.05, 0) is 26.0 Å². The number of anilines is 1. The molecule has 0 aliphatic rings. The molecule has 0 aliphatic carbocycles. The van der Waals surface area contributed by atoms with E-state index in [4.69, 9.17) is 0 Å². The summed E-state index contributed by atoms with van der Waals surface area (Å²) in [5.74, 6) is 0.873. The first-order valence-electron chi connectivity index (χ1n) is 5.97. The van der Waals surface area contributed by atoms with Crippen molar-refractivity contribution in [1.29, 1.82) is 0 Å². The van der Waals surface area contributed by atoms with Gasteiger partial charge in [-0.25, -0.2) is 15.0 Å². The third-order valence-electron chi connectivity index (χ3n) is 2.91.